The highest BCUT2D eigenvalue weighted by Crippen LogP contribution is 2.27. The summed E-state index contributed by atoms with van der Waals surface area (Å²) in [5.74, 6) is 2.25. The summed E-state index contributed by atoms with van der Waals surface area (Å²) in [4.78, 5) is 4.92. The van der Waals surface area contributed by atoms with Crippen molar-refractivity contribution in [3.8, 4) is 5.75 Å². The predicted octanol–water partition coefficient (Wildman–Crippen LogP) is 2.83. The van der Waals surface area contributed by atoms with E-state index >= 15 is 0 Å². The first-order valence-electron chi connectivity index (χ1n) is 8.50. The van der Waals surface area contributed by atoms with Gasteiger partial charge in [0.1, 0.15) is 5.75 Å². The lowest BCUT2D eigenvalue weighted by Crippen LogP contribution is -2.47. The lowest BCUT2D eigenvalue weighted by atomic mass is 10.1. The molecule has 130 valence electrons. The fourth-order valence-electron chi connectivity index (χ4n) is 3.26. The van der Waals surface area contributed by atoms with Gasteiger partial charge < -0.3 is 9.15 Å². The van der Waals surface area contributed by atoms with Crippen LogP contribution in [0.5, 0.6) is 5.75 Å². The summed E-state index contributed by atoms with van der Waals surface area (Å²) in [5, 5.41) is 8.09. The highest BCUT2D eigenvalue weighted by atomic mass is 16.5. The molecule has 0 amide bonds. The fourth-order valence-corrected chi connectivity index (χ4v) is 3.26. The highest BCUT2D eigenvalue weighted by Gasteiger charge is 2.27. The van der Waals surface area contributed by atoms with Crippen molar-refractivity contribution < 1.29 is 9.15 Å². The van der Waals surface area contributed by atoms with Gasteiger partial charge in [-0.3, -0.25) is 9.80 Å². The monoisotopic (exact) mass is 330 g/mol. The minimum Gasteiger partial charge on any atom is -0.497 e. The Bertz CT molecular complexity index is 665. The fraction of sp³-hybridized carbons (Fsp3) is 0.556. The van der Waals surface area contributed by atoms with Crippen LogP contribution < -0.4 is 4.74 Å². The second-order valence-corrected chi connectivity index (χ2v) is 6.36. The summed E-state index contributed by atoms with van der Waals surface area (Å²) in [6, 6.07) is 8.89. The van der Waals surface area contributed by atoms with E-state index in [1.807, 2.05) is 13.0 Å². The number of piperazine rings is 1. The topological polar surface area (TPSA) is 54.6 Å². The zero-order valence-corrected chi connectivity index (χ0v) is 14.9. The Morgan fingerprint density at radius 2 is 1.71 bits per heavy atom. The average molecular weight is 330 g/mol. The SMILES string of the molecule is COc1cccc([C@@H](C)N2CCN([C@H](C)c3nnc(C)o3)CC2)c1. The molecule has 3 rings (SSSR count). The van der Waals surface area contributed by atoms with Gasteiger partial charge in [-0.05, 0) is 31.5 Å². The summed E-state index contributed by atoms with van der Waals surface area (Å²) in [6.45, 7) is 10.3. The Hall–Kier alpha value is -1.92. The van der Waals surface area contributed by atoms with Crippen LogP contribution in [0.4, 0.5) is 0 Å². The standard InChI is InChI=1S/C18H26N4O2/c1-13(16-6-5-7-17(12-16)23-4)21-8-10-22(11-9-21)14(2)18-20-19-15(3)24-18/h5-7,12-14H,8-11H2,1-4H3/t13-,14-/m1/s1. The Balaban J connectivity index is 1.60. The third-order valence-electron chi connectivity index (χ3n) is 4.92. The first-order valence-corrected chi connectivity index (χ1v) is 8.50. The van der Waals surface area contributed by atoms with Crippen molar-refractivity contribution >= 4 is 0 Å². The third kappa shape index (κ3) is 3.60. The molecule has 1 aliphatic heterocycles. The van der Waals surface area contributed by atoms with Gasteiger partial charge in [0.05, 0.1) is 13.2 Å². The number of nitrogens with zero attached hydrogens (tertiary/aromatic N) is 4. The van der Waals surface area contributed by atoms with Gasteiger partial charge in [-0.15, -0.1) is 10.2 Å². The molecule has 1 fully saturated rings. The van der Waals surface area contributed by atoms with Crippen molar-refractivity contribution in [1.29, 1.82) is 0 Å². The molecule has 6 nitrogen and oxygen atoms in total. The molecule has 1 aromatic carbocycles. The summed E-state index contributed by atoms with van der Waals surface area (Å²) < 4.78 is 10.9. The smallest absolute Gasteiger partial charge is 0.233 e. The maximum Gasteiger partial charge on any atom is 0.233 e. The molecule has 0 bridgehead atoms. The van der Waals surface area contributed by atoms with E-state index in [0.717, 1.165) is 31.9 Å². The van der Waals surface area contributed by atoms with Crippen LogP contribution in [0.3, 0.4) is 0 Å². The molecular formula is C18H26N4O2. The van der Waals surface area contributed by atoms with Crippen LogP contribution in [0.25, 0.3) is 0 Å². The van der Waals surface area contributed by atoms with E-state index in [0.29, 0.717) is 17.8 Å². The number of aryl methyl sites for hydroxylation is 1. The van der Waals surface area contributed by atoms with E-state index in [-0.39, 0.29) is 6.04 Å². The normalized spacial score (nSPS) is 19.2. The largest absolute Gasteiger partial charge is 0.497 e. The molecule has 24 heavy (non-hydrogen) atoms. The quantitative estimate of drug-likeness (QED) is 0.840. The van der Waals surface area contributed by atoms with Gasteiger partial charge in [-0.25, -0.2) is 0 Å². The zero-order chi connectivity index (χ0) is 17.1. The molecule has 1 aliphatic rings. The number of benzene rings is 1. The van der Waals surface area contributed by atoms with Crippen LogP contribution in [-0.4, -0.2) is 53.3 Å². The predicted molar refractivity (Wildman–Crippen MR) is 92.0 cm³/mol. The summed E-state index contributed by atoms with van der Waals surface area (Å²) in [5.41, 5.74) is 1.29. The molecule has 1 saturated heterocycles. The van der Waals surface area contributed by atoms with E-state index < -0.39 is 0 Å². The molecule has 0 saturated carbocycles. The van der Waals surface area contributed by atoms with Crippen LogP contribution in [0.15, 0.2) is 28.7 Å². The number of ether oxygens (including phenoxy) is 1. The molecule has 0 radical (unpaired) electrons. The Labute approximate surface area is 143 Å². The van der Waals surface area contributed by atoms with Crippen LogP contribution in [0, 0.1) is 6.92 Å². The Morgan fingerprint density at radius 3 is 2.29 bits per heavy atom. The minimum absolute atomic E-state index is 0.167. The van der Waals surface area contributed by atoms with E-state index in [1.54, 1.807) is 7.11 Å². The highest BCUT2D eigenvalue weighted by molar-refractivity contribution is 5.30. The molecular weight excluding hydrogens is 304 g/mol. The summed E-state index contributed by atoms with van der Waals surface area (Å²) in [7, 11) is 1.71. The summed E-state index contributed by atoms with van der Waals surface area (Å²) >= 11 is 0. The first-order chi connectivity index (χ1) is 11.6. The van der Waals surface area contributed by atoms with Crippen molar-refractivity contribution in [2.75, 3.05) is 33.3 Å². The number of rotatable bonds is 5. The molecule has 0 aliphatic carbocycles. The molecule has 2 heterocycles. The molecule has 0 N–H and O–H groups in total. The Morgan fingerprint density at radius 1 is 1.04 bits per heavy atom. The molecule has 0 spiro atoms. The number of hydrogen-bond acceptors (Lipinski definition) is 6. The Kier molecular flexibility index (Phi) is 5.16. The van der Waals surface area contributed by atoms with E-state index in [1.165, 1.54) is 5.56 Å². The maximum atomic E-state index is 5.58. The zero-order valence-electron chi connectivity index (χ0n) is 14.9. The van der Waals surface area contributed by atoms with Crippen LogP contribution >= 0.6 is 0 Å². The van der Waals surface area contributed by atoms with Gasteiger partial charge in [0.15, 0.2) is 0 Å². The number of methoxy groups -OCH3 is 1. The van der Waals surface area contributed by atoms with Gasteiger partial charge in [-0.1, -0.05) is 12.1 Å². The minimum atomic E-state index is 0.167. The number of hydrogen-bond donors (Lipinski definition) is 0. The third-order valence-corrected chi connectivity index (χ3v) is 4.92. The first kappa shape index (κ1) is 16.9. The number of aromatic nitrogens is 2. The molecule has 2 atom stereocenters. The van der Waals surface area contributed by atoms with Gasteiger partial charge >= 0.3 is 0 Å². The van der Waals surface area contributed by atoms with E-state index in [4.69, 9.17) is 9.15 Å². The van der Waals surface area contributed by atoms with Crippen LogP contribution in [0.2, 0.25) is 0 Å². The van der Waals surface area contributed by atoms with E-state index in [9.17, 15) is 0 Å². The van der Waals surface area contributed by atoms with Gasteiger partial charge in [-0.2, -0.15) is 0 Å². The van der Waals surface area contributed by atoms with Crippen LogP contribution in [0.1, 0.15) is 43.3 Å². The van der Waals surface area contributed by atoms with Crippen molar-refractivity contribution in [3.63, 3.8) is 0 Å². The maximum absolute atomic E-state index is 5.58. The molecule has 6 heteroatoms. The lowest BCUT2D eigenvalue weighted by Gasteiger charge is -2.39. The molecule has 0 unspecified atom stereocenters. The second-order valence-electron chi connectivity index (χ2n) is 6.36. The van der Waals surface area contributed by atoms with Crippen molar-refractivity contribution in [2.45, 2.75) is 32.9 Å². The van der Waals surface area contributed by atoms with Crippen molar-refractivity contribution in [1.82, 2.24) is 20.0 Å². The van der Waals surface area contributed by atoms with Crippen molar-refractivity contribution in [2.24, 2.45) is 0 Å². The van der Waals surface area contributed by atoms with Gasteiger partial charge in [0, 0.05) is 39.1 Å². The lowest BCUT2D eigenvalue weighted by molar-refractivity contribution is 0.0696. The summed E-state index contributed by atoms with van der Waals surface area (Å²) in [6.07, 6.45) is 0. The second kappa shape index (κ2) is 7.32. The average Bonchev–Trinajstić information content (AvgIpc) is 3.07. The van der Waals surface area contributed by atoms with Crippen LogP contribution in [-0.2, 0) is 0 Å². The van der Waals surface area contributed by atoms with Gasteiger partial charge in [0.25, 0.3) is 0 Å². The van der Waals surface area contributed by atoms with E-state index in [2.05, 4.69) is 52.0 Å². The molecule has 2 aromatic rings. The van der Waals surface area contributed by atoms with Crippen molar-refractivity contribution in [3.05, 3.63) is 41.6 Å². The van der Waals surface area contributed by atoms with Gasteiger partial charge in [0.2, 0.25) is 11.8 Å². The molecule has 1 aromatic heterocycles.